The Labute approximate surface area is 214 Å². The Kier molecular flexibility index (Phi) is 8.89. The van der Waals surface area contributed by atoms with Crippen LogP contribution in [0.15, 0.2) is 47.4 Å². The minimum absolute atomic E-state index is 0.0545. The Hall–Kier alpha value is -2.60. The minimum Gasteiger partial charge on any atom is -0.497 e. The molecule has 36 heavy (non-hydrogen) atoms. The molecular weight excluding hydrogens is 505 g/mol. The molecule has 1 amide bonds. The second-order valence-corrected chi connectivity index (χ2v) is 11.7. The molecule has 0 bridgehead atoms. The molecule has 0 unspecified atom stereocenters. The van der Waals surface area contributed by atoms with Crippen molar-refractivity contribution in [3.63, 3.8) is 0 Å². The lowest BCUT2D eigenvalue weighted by atomic mass is 10.2. The average Bonchev–Trinajstić information content (AvgIpc) is 3.30. The standard InChI is InChI=1S/C25H30FN3O5S2/c1-33-20-7-10-22-23(18-20)35-25(27-22)29(12-3-11-28-13-15-34-16-14-28)24(30)4-2-17-36(31,32)21-8-5-19(26)6-9-21/h5-10,18H,2-4,11-17H2,1H3. The summed E-state index contributed by atoms with van der Waals surface area (Å²) in [6.45, 7) is 4.49. The predicted octanol–water partition coefficient (Wildman–Crippen LogP) is 3.75. The molecule has 1 aliphatic heterocycles. The molecule has 11 heteroatoms. The Morgan fingerprint density at radius 3 is 2.64 bits per heavy atom. The number of halogens is 1. The maximum absolute atomic E-state index is 13.3. The fraction of sp³-hybridized carbons (Fsp3) is 0.440. The predicted molar refractivity (Wildman–Crippen MR) is 138 cm³/mol. The lowest BCUT2D eigenvalue weighted by molar-refractivity contribution is -0.118. The highest BCUT2D eigenvalue weighted by atomic mass is 32.2. The van der Waals surface area contributed by atoms with E-state index in [4.69, 9.17) is 9.47 Å². The monoisotopic (exact) mass is 535 g/mol. The number of amides is 1. The van der Waals surface area contributed by atoms with Crippen LogP contribution in [-0.2, 0) is 19.4 Å². The van der Waals surface area contributed by atoms with Crippen LogP contribution in [0.4, 0.5) is 9.52 Å². The molecule has 0 saturated carbocycles. The number of thiazole rings is 1. The van der Waals surface area contributed by atoms with Gasteiger partial charge in [0.1, 0.15) is 11.6 Å². The van der Waals surface area contributed by atoms with E-state index < -0.39 is 15.7 Å². The number of nitrogens with zero attached hydrogens (tertiary/aromatic N) is 3. The molecular formula is C25H30FN3O5S2. The van der Waals surface area contributed by atoms with Crippen molar-refractivity contribution < 1.29 is 27.1 Å². The van der Waals surface area contributed by atoms with Gasteiger partial charge in [-0.05, 0) is 55.3 Å². The maximum atomic E-state index is 13.3. The number of sulfone groups is 1. The van der Waals surface area contributed by atoms with E-state index >= 15 is 0 Å². The van der Waals surface area contributed by atoms with E-state index in [2.05, 4.69) is 9.88 Å². The number of carbonyl (C=O) groups excluding carboxylic acids is 1. The van der Waals surface area contributed by atoms with E-state index in [9.17, 15) is 17.6 Å². The van der Waals surface area contributed by atoms with Crippen LogP contribution in [-0.4, -0.2) is 76.5 Å². The number of hydrogen-bond donors (Lipinski definition) is 0. The molecule has 3 aromatic rings. The van der Waals surface area contributed by atoms with Gasteiger partial charge in [0.15, 0.2) is 15.0 Å². The van der Waals surface area contributed by atoms with Crippen LogP contribution in [0.25, 0.3) is 10.2 Å². The van der Waals surface area contributed by atoms with Gasteiger partial charge in [-0.1, -0.05) is 11.3 Å². The average molecular weight is 536 g/mol. The summed E-state index contributed by atoms with van der Waals surface area (Å²) >= 11 is 1.41. The van der Waals surface area contributed by atoms with Crippen molar-refractivity contribution >= 4 is 42.4 Å². The first-order chi connectivity index (χ1) is 17.4. The van der Waals surface area contributed by atoms with Gasteiger partial charge in [0.05, 0.1) is 41.2 Å². The Bertz CT molecular complexity index is 1270. The first-order valence-corrected chi connectivity index (χ1v) is 14.4. The molecule has 0 radical (unpaired) electrons. The van der Waals surface area contributed by atoms with Crippen molar-refractivity contribution in [2.24, 2.45) is 0 Å². The second-order valence-electron chi connectivity index (χ2n) is 8.56. The van der Waals surface area contributed by atoms with Crippen LogP contribution in [0.2, 0.25) is 0 Å². The number of aromatic nitrogens is 1. The summed E-state index contributed by atoms with van der Waals surface area (Å²) < 4.78 is 50.0. The van der Waals surface area contributed by atoms with Crippen LogP contribution < -0.4 is 9.64 Å². The van der Waals surface area contributed by atoms with E-state index in [1.165, 1.54) is 23.5 Å². The van der Waals surface area contributed by atoms with Gasteiger partial charge in [-0.2, -0.15) is 0 Å². The fourth-order valence-electron chi connectivity index (χ4n) is 4.05. The number of carbonyl (C=O) groups is 1. The Morgan fingerprint density at radius 2 is 1.92 bits per heavy atom. The molecule has 194 valence electrons. The van der Waals surface area contributed by atoms with E-state index in [0.29, 0.717) is 30.6 Å². The van der Waals surface area contributed by atoms with Crippen LogP contribution in [0.3, 0.4) is 0 Å². The summed E-state index contributed by atoms with van der Waals surface area (Å²) in [7, 11) is -2.00. The molecule has 8 nitrogen and oxygen atoms in total. The third-order valence-corrected chi connectivity index (χ3v) is 8.91. The SMILES string of the molecule is COc1ccc2nc(N(CCCN3CCOCC3)C(=O)CCCS(=O)(=O)c3ccc(F)cc3)sc2c1. The molecule has 1 fully saturated rings. The topological polar surface area (TPSA) is 89.0 Å². The molecule has 1 saturated heterocycles. The largest absolute Gasteiger partial charge is 0.497 e. The second kappa shape index (κ2) is 12.1. The smallest absolute Gasteiger partial charge is 0.228 e. The van der Waals surface area contributed by atoms with Gasteiger partial charge in [0, 0.05) is 32.6 Å². The minimum atomic E-state index is -3.61. The number of rotatable bonds is 11. The third-order valence-electron chi connectivity index (χ3n) is 6.05. The normalized spacial score (nSPS) is 14.7. The summed E-state index contributed by atoms with van der Waals surface area (Å²) in [6.07, 6.45) is 0.993. The molecule has 4 rings (SSSR count). The van der Waals surface area contributed by atoms with E-state index in [-0.39, 0.29) is 29.4 Å². The van der Waals surface area contributed by atoms with Gasteiger partial charge < -0.3 is 9.47 Å². The molecule has 1 aromatic heterocycles. The van der Waals surface area contributed by atoms with Crippen LogP contribution in [0.1, 0.15) is 19.3 Å². The summed E-state index contributed by atoms with van der Waals surface area (Å²) in [5, 5.41) is 0.589. The van der Waals surface area contributed by atoms with Crippen molar-refractivity contribution in [2.45, 2.75) is 24.2 Å². The zero-order valence-corrected chi connectivity index (χ0v) is 21.8. The fourth-order valence-corrected chi connectivity index (χ4v) is 6.40. The van der Waals surface area contributed by atoms with Gasteiger partial charge in [-0.15, -0.1) is 0 Å². The molecule has 0 spiro atoms. The lowest BCUT2D eigenvalue weighted by Crippen LogP contribution is -2.39. The molecule has 1 aliphatic rings. The van der Waals surface area contributed by atoms with Gasteiger partial charge in [0.2, 0.25) is 5.91 Å². The van der Waals surface area contributed by atoms with Gasteiger partial charge in [-0.3, -0.25) is 14.6 Å². The van der Waals surface area contributed by atoms with Crippen LogP contribution in [0, 0.1) is 5.82 Å². The maximum Gasteiger partial charge on any atom is 0.228 e. The summed E-state index contributed by atoms with van der Waals surface area (Å²) in [6, 6.07) is 10.3. The van der Waals surface area contributed by atoms with E-state index in [1.54, 1.807) is 12.0 Å². The first-order valence-electron chi connectivity index (χ1n) is 11.9. The highest BCUT2D eigenvalue weighted by Crippen LogP contribution is 2.32. The van der Waals surface area contributed by atoms with Crippen molar-refractivity contribution in [2.75, 3.05) is 57.2 Å². The number of morpholine rings is 1. The third kappa shape index (κ3) is 6.78. The Morgan fingerprint density at radius 1 is 1.17 bits per heavy atom. The summed E-state index contributed by atoms with van der Waals surface area (Å²) in [4.78, 5) is 22.0. The summed E-state index contributed by atoms with van der Waals surface area (Å²) in [5.74, 6) is -0.139. The molecule has 0 atom stereocenters. The van der Waals surface area contributed by atoms with Crippen molar-refractivity contribution in [3.8, 4) is 5.75 Å². The molecule has 2 aromatic carbocycles. The van der Waals surface area contributed by atoms with Gasteiger partial charge in [-0.25, -0.2) is 17.8 Å². The molecule has 0 N–H and O–H groups in total. The van der Waals surface area contributed by atoms with Crippen LogP contribution >= 0.6 is 11.3 Å². The van der Waals surface area contributed by atoms with Gasteiger partial charge >= 0.3 is 0 Å². The van der Waals surface area contributed by atoms with E-state index in [1.807, 2.05) is 18.2 Å². The number of benzene rings is 2. The summed E-state index contributed by atoms with van der Waals surface area (Å²) in [5.41, 5.74) is 0.778. The number of anilines is 1. The van der Waals surface area contributed by atoms with Crippen molar-refractivity contribution in [1.82, 2.24) is 9.88 Å². The number of fused-ring (bicyclic) bond motifs is 1. The Balaban J connectivity index is 1.44. The quantitative estimate of drug-likeness (QED) is 0.346. The number of methoxy groups -OCH3 is 1. The highest BCUT2D eigenvalue weighted by molar-refractivity contribution is 7.91. The lowest BCUT2D eigenvalue weighted by Gasteiger charge is -2.27. The number of hydrogen-bond acceptors (Lipinski definition) is 8. The zero-order chi connectivity index (χ0) is 25.5. The van der Waals surface area contributed by atoms with E-state index in [0.717, 1.165) is 48.4 Å². The molecule has 0 aliphatic carbocycles. The highest BCUT2D eigenvalue weighted by Gasteiger charge is 2.22. The van der Waals surface area contributed by atoms with Crippen molar-refractivity contribution in [1.29, 1.82) is 0 Å². The zero-order valence-electron chi connectivity index (χ0n) is 20.2. The van der Waals surface area contributed by atoms with Gasteiger partial charge in [0.25, 0.3) is 0 Å². The first kappa shape index (κ1) is 26.5. The molecule has 2 heterocycles. The van der Waals surface area contributed by atoms with Crippen molar-refractivity contribution in [3.05, 3.63) is 48.3 Å². The van der Waals surface area contributed by atoms with Crippen LogP contribution in [0.5, 0.6) is 5.75 Å². The number of ether oxygens (including phenoxy) is 2.